The van der Waals surface area contributed by atoms with Gasteiger partial charge in [0, 0.05) is 30.1 Å². The molecule has 8 nitrogen and oxygen atoms in total. The molecule has 2 amide bonds. The number of pyridine rings is 1. The third-order valence-corrected chi connectivity index (χ3v) is 5.54. The minimum Gasteiger partial charge on any atom is -0.445 e. The van der Waals surface area contributed by atoms with Crippen molar-refractivity contribution < 1.29 is 14.3 Å². The second-order valence-electron chi connectivity index (χ2n) is 7.84. The van der Waals surface area contributed by atoms with Gasteiger partial charge >= 0.3 is 6.09 Å². The van der Waals surface area contributed by atoms with Crippen LogP contribution >= 0.6 is 0 Å². The number of alkyl carbamates (subject to hydrolysis) is 1. The van der Waals surface area contributed by atoms with Crippen molar-refractivity contribution in [2.45, 2.75) is 25.1 Å². The van der Waals surface area contributed by atoms with Gasteiger partial charge < -0.3 is 20.7 Å². The standard InChI is InChI=1S/C25H26N4O4/c30-23-8-4-5-15-29(23)20-11-9-19(10-12-20)24(31)27-22-16-26-14-13-21(22)28-25(32)33-17-18-6-2-1-3-7-18/h1-12,15,21-22,26H,13-14,16-17H2,(H,27,31)(H,28,32). The molecule has 0 bridgehead atoms. The SMILES string of the molecule is O=C(NC1CCNCC1NC(=O)c1ccc(-n2ccccc2=O)cc1)OCc1ccccc1. The Kier molecular flexibility index (Phi) is 7.16. The molecule has 2 atom stereocenters. The summed E-state index contributed by atoms with van der Waals surface area (Å²) in [6.45, 7) is 1.45. The average molecular weight is 447 g/mol. The van der Waals surface area contributed by atoms with Crippen molar-refractivity contribution in [3.63, 3.8) is 0 Å². The van der Waals surface area contributed by atoms with E-state index in [0.29, 0.717) is 24.2 Å². The van der Waals surface area contributed by atoms with Crippen LogP contribution in [0.25, 0.3) is 5.69 Å². The van der Waals surface area contributed by atoms with Gasteiger partial charge in [0.15, 0.2) is 0 Å². The molecule has 0 aliphatic carbocycles. The summed E-state index contributed by atoms with van der Waals surface area (Å²) in [6.07, 6.45) is 1.84. The molecule has 1 saturated heterocycles. The normalized spacial score (nSPS) is 17.7. The number of hydrogen-bond acceptors (Lipinski definition) is 5. The minimum absolute atomic E-state index is 0.143. The van der Waals surface area contributed by atoms with Crippen molar-refractivity contribution >= 4 is 12.0 Å². The molecule has 170 valence electrons. The number of ether oxygens (including phenoxy) is 1. The van der Waals surface area contributed by atoms with Gasteiger partial charge in [-0.05, 0) is 48.9 Å². The molecule has 3 aromatic rings. The number of rotatable bonds is 6. The zero-order valence-corrected chi connectivity index (χ0v) is 18.1. The van der Waals surface area contributed by atoms with Crippen LogP contribution in [0, 0.1) is 0 Å². The lowest BCUT2D eigenvalue weighted by atomic mass is 10.0. The lowest BCUT2D eigenvalue weighted by Gasteiger charge is -2.33. The van der Waals surface area contributed by atoms with Gasteiger partial charge in [-0.2, -0.15) is 0 Å². The van der Waals surface area contributed by atoms with E-state index >= 15 is 0 Å². The van der Waals surface area contributed by atoms with Crippen LogP contribution < -0.4 is 21.5 Å². The third-order valence-electron chi connectivity index (χ3n) is 5.54. The Balaban J connectivity index is 1.35. The van der Waals surface area contributed by atoms with Crippen molar-refractivity contribution in [2.75, 3.05) is 13.1 Å². The first-order valence-electron chi connectivity index (χ1n) is 10.9. The first-order chi connectivity index (χ1) is 16.1. The number of piperidine rings is 1. The summed E-state index contributed by atoms with van der Waals surface area (Å²) < 4.78 is 6.83. The van der Waals surface area contributed by atoms with E-state index in [9.17, 15) is 14.4 Å². The van der Waals surface area contributed by atoms with Gasteiger partial charge in [0.05, 0.1) is 12.1 Å². The van der Waals surface area contributed by atoms with Crippen LogP contribution in [0.1, 0.15) is 22.3 Å². The van der Waals surface area contributed by atoms with Crippen LogP contribution in [-0.4, -0.2) is 41.7 Å². The number of carbonyl (C=O) groups is 2. The average Bonchev–Trinajstić information content (AvgIpc) is 2.85. The van der Waals surface area contributed by atoms with Crippen molar-refractivity contribution in [3.05, 3.63) is 100 Å². The van der Waals surface area contributed by atoms with Gasteiger partial charge in [0.25, 0.3) is 11.5 Å². The monoisotopic (exact) mass is 446 g/mol. The molecule has 1 aliphatic rings. The van der Waals surface area contributed by atoms with Crippen molar-refractivity contribution in [2.24, 2.45) is 0 Å². The molecule has 8 heteroatoms. The summed E-state index contributed by atoms with van der Waals surface area (Å²) in [6, 6.07) is 20.7. The Labute approximate surface area is 191 Å². The molecule has 1 aliphatic heterocycles. The van der Waals surface area contributed by atoms with Crippen molar-refractivity contribution in [1.82, 2.24) is 20.5 Å². The number of benzene rings is 2. The fourth-order valence-corrected chi connectivity index (χ4v) is 3.76. The predicted octanol–water partition coefficient (Wildman–Crippen LogP) is 2.22. The summed E-state index contributed by atoms with van der Waals surface area (Å²) >= 11 is 0. The highest BCUT2D eigenvalue weighted by Gasteiger charge is 2.28. The summed E-state index contributed by atoms with van der Waals surface area (Å²) in [5.74, 6) is -0.250. The van der Waals surface area contributed by atoms with Gasteiger partial charge in [0.2, 0.25) is 0 Å². The molecule has 3 N–H and O–H groups in total. The second kappa shape index (κ2) is 10.6. The highest BCUT2D eigenvalue weighted by molar-refractivity contribution is 5.94. The fourth-order valence-electron chi connectivity index (χ4n) is 3.76. The number of amides is 2. The number of nitrogens with one attached hydrogen (secondary N) is 3. The van der Waals surface area contributed by atoms with Gasteiger partial charge in [-0.25, -0.2) is 4.79 Å². The first-order valence-corrected chi connectivity index (χ1v) is 10.9. The zero-order chi connectivity index (χ0) is 23.0. The van der Waals surface area contributed by atoms with Gasteiger partial charge in [-0.15, -0.1) is 0 Å². The summed E-state index contributed by atoms with van der Waals surface area (Å²) in [5, 5.41) is 9.12. The molecular formula is C25H26N4O4. The van der Waals surface area contributed by atoms with E-state index < -0.39 is 6.09 Å². The Morgan fingerprint density at radius 2 is 1.70 bits per heavy atom. The van der Waals surface area contributed by atoms with Gasteiger partial charge in [0.1, 0.15) is 6.61 Å². The lowest BCUT2D eigenvalue weighted by molar-refractivity contribution is 0.0909. The van der Waals surface area contributed by atoms with E-state index in [1.807, 2.05) is 30.3 Å². The molecule has 2 unspecified atom stereocenters. The highest BCUT2D eigenvalue weighted by Crippen LogP contribution is 2.11. The van der Waals surface area contributed by atoms with Crippen LogP contribution in [0.15, 0.2) is 83.8 Å². The number of aromatic nitrogens is 1. The van der Waals surface area contributed by atoms with E-state index in [1.165, 1.54) is 10.6 Å². The topological polar surface area (TPSA) is 101 Å². The Morgan fingerprint density at radius 1 is 0.939 bits per heavy atom. The summed E-state index contributed by atoms with van der Waals surface area (Å²) in [7, 11) is 0. The zero-order valence-electron chi connectivity index (χ0n) is 18.1. The molecule has 4 rings (SSSR count). The van der Waals surface area contributed by atoms with E-state index in [2.05, 4.69) is 16.0 Å². The van der Waals surface area contributed by atoms with Crippen LogP contribution in [-0.2, 0) is 11.3 Å². The maximum atomic E-state index is 12.8. The minimum atomic E-state index is -0.511. The van der Waals surface area contributed by atoms with Gasteiger partial charge in [-0.3, -0.25) is 14.2 Å². The van der Waals surface area contributed by atoms with E-state index in [-0.39, 0.29) is 30.2 Å². The smallest absolute Gasteiger partial charge is 0.407 e. The Morgan fingerprint density at radius 3 is 2.45 bits per heavy atom. The second-order valence-corrected chi connectivity index (χ2v) is 7.84. The first kappa shape index (κ1) is 22.3. The summed E-state index contributed by atoms with van der Waals surface area (Å²) in [5.41, 5.74) is 1.91. The van der Waals surface area contributed by atoms with Crippen LogP contribution in [0.3, 0.4) is 0 Å². The summed E-state index contributed by atoms with van der Waals surface area (Å²) in [4.78, 5) is 37.1. The van der Waals surface area contributed by atoms with Gasteiger partial charge in [-0.1, -0.05) is 36.4 Å². The fraction of sp³-hybridized carbons (Fsp3) is 0.240. The highest BCUT2D eigenvalue weighted by atomic mass is 16.5. The molecule has 2 heterocycles. The molecule has 1 aromatic heterocycles. The van der Waals surface area contributed by atoms with E-state index in [0.717, 1.165) is 12.1 Å². The molecular weight excluding hydrogens is 420 g/mol. The predicted molar refractivity (Wildman–Crippen MR) is 124 cm³/mol. The number of hydrogen-bond donors (Lipinski definition) is 3. The van der Waals surface area contributed by atoms with Crippen molar-refractivity contribution in [1.29, 1.82) is 0 Å². The molecule has 0 saturated carbocycles. The molecule has 0 radical (unpaired) electrons. The molecule has 0 spiro atoms. The van der Waals surface area contributed by atoms with E-state index in [1.54, 1.807) is 42.6 Å². The number of nitrogens with zero attached hydrogens (tertiary/aromatic N) is 1. The lowest BCUT2D eigenvalue weighted by Crippen LogP contribution is -2.59. The molecule has 1 fully saturated rings. The Hall–Kier alpha value is -3.91. The Bertz CT molecular complexity index is 1140. The quantitative estimate of drug-likeness (QED) is 0.539. The van der Waals surface area contributed by atoms with E-state index in [4.69, 9.17) is 4.74 Å². The van der Waals surface area contributed by atoms with Crippen LogP contribution in [0.4, 0.5) is 4.79 Å². The molecule has 33 heavy (non-hydrogen) atoms. The number of carbonyl (C=O) groups excluding carboxylic acids is 2. The maximum Gasteiger partial charge on any atom is 0.407 e. The van der Waals surface area contributed by atoms with Crippen LogP contribution in [0.2, 0.25) is 0 Å². The molecule has 2 aromatic carbocycles. The van der Waals surface area contributed by atoms with Crippen molar-refractivity contribution in [3.8, 4) is 5.69 Å². The largest absolute Gasteiger partial charge is 0.445 e. The maximum absolute atomic E-state index is 12.8. The van der Waals surface area contributed by atoms with Crippen LogP contribution in [0.5, 0.6) is 0 Å². The third kappa shape index (κ3) is 5.87.